The molecule has 0 heterocycles. The highest BCUT2D eigenvalue weighted by Crippen LogP contribution is 2.37. The van der Waals surface area contributed by atoms with Crippen molar-refractivity contribution in [2.45, 2.75) is 38.8 Å². The third-order valence-corrected chi connectivity index (χ3v) is 4.62. The van der Waals surface area contributed by atoms with Gasteiger partial charge in [-0.05, 0) is 36.6 Å². The highest BCUT2D eigenvalue weighted by Gasteiger charge is 2.39. The van der Waals surface area contributed by atoms with Gasteiger partial charge in [0.05, 0.1) is 6.61 Å². The molecular weight excluding hydrogens is 292 g/mol. The minimum Gasteiger partial charge on any atom is -0.396 e. The first-order valence-corrected chi connectivity index (χ1v) is 7.89. The van der Waals surface area contributed by atoms with Crippen molar-refractivity contribution in [2.24, 2.45) is 5.41 Å². The minimum absolute atomic E-state index is 0.00607. The molecule has 3 N–H and O–H groups in total. The molecule has 1 fully saturated rings. The van der Waals surface area contributed by atoms with Crippen LogP contribution in [0.1, 0.15) is 42.1 Å². The first-order valence-electron chi connectivity index (χ1n) is 7.89. The van der Waals surface area contributed by atoms with Crippen molar-refractivity contribution in [1.82, 2.24) is 10.6 Å². The zero-order valence-corrected chi connectivity index (χ0v) is 13.5. The second-order valence-corrected chi connectivity index (χ2v) is 6.35. The Morgan fingerprint density at radius 3 is 2.70 bits per heavy atom. The molecule has 1 aliphatic rings. The molecule has 0 aliphatic heterocycles. The lowest BCUT2D eigenvalue weighted by Gasteiger charge is -2.30. The van der Waals surface area contributed by atoms with E-state index in [1.54, 1.807) is 12.1 Å². The standard InChI is InChI=1S/C18H24N2O3/c1-3-16(22)19-11-13-6-8-14(9-7-13)17(23)20-15-5-4-10-18(15,2)12-21/h3,6-9,15,21H,1,4-5,10-12H2,2H3,(H,19,22)(H,20,23). The van der Waals surface area contributed by atoms with E-state index in [0.29, 0.717) is 12.1 Å². The van der Waals surface area contributed by atoms with Crippen molar-refractivity contribution >= 4 is 11.8 Å². The number of hydrogen-bond donors (Lipinski definition) is 3. The first-order chi connectivity index (χ1) is 11.0. The summed E-state index contributed by atoms with van der Waals surface area (Å²) < 4.78 is 0. The molecule has 2 atom stereocenters. The average molecular weight is 316 g/mol. The molecule has 0 spiro atoms. The van der Waals surface area contributed by atoms with E-state index in [4.69, 9.17) is 0 Å². The average Bonchev–Trinajstić information content (AvgIpc) is 2.94. The molecule has 2 unspecified atom stereocenters. The van der Waals surface area contributed by atoms with Gasteiger partial charge in [0, 0.05) is 23.6 Å². The molecule has 1 aliphatic carbocycles. The Morgan fingerprint density at radius 1 is 1.39 bits per heavy atom. The van der Waals surface area contributed by atoms with E-state index in [0.717, 1.165) is 24.8 Å². The maximum atomic E-state index is 12.4. The van der Waals surface area contributed by atoms with Crippen molar-refractivity contribution < 1.29 is 14.7 Å². The van der Waals surface area contributed by atoms with Crippen LogP contribution in [0.15, 0.2) is 36.9 Å². The number of nitrogens with one attached hydrogen (secondary N) is 2. The summed E-state index contributed by atoms with van der Waals surface area (Å²) in [6.07, 6.45) is 4.07. The number of hydrogen-bond acceptors (Lipinski definition) is 3. The van der Waals surface area contributed by atoms with Gasteiger partial charge in [-0.25, -0.2) is 0 Å². The van der Waals surface area contributed by atoms with Gasteiger partial charge in [0.25, 0.3) is 5.91 Å². The summed E-state index contributed by atoms with van der Waals surface area (Å²) in [5.74, 6) is -0.352. The van der Waals surface area contributed by atoms with Crippen LogP contribution in [0.3, 0.4) is 0 Å². The van der Waals surface area contributed by atoms with Crippen LogP contribution in [0.4, 0.5) is 0 Å². The van der Waals surface area contributed by atoms with Crippen LogP contribution in [0, 0.1) is 5.41 Å². The fourth-order valence-electron chi connectivity index (χ4n) is 2.95. The zero-order chi connectivity index (χ0) is 16.9. The summed E-state index contributed by atoms with van der Waals surface area (Å²) >= 11 is 0. The van der Waals surface area contributed by atoms with E-state index >= 15 is 0 Å². The van der Waals surface area contributed by atoms with E-state index in [1.165, 1.54) is 6.08 Å². The Balaban J connectivity index is 1.95. The predicted molar refractivity (Wildman–Crippen MR) is 88.8 cm³/mol. The van der Waals surface area contributed by atoms with Gasteiger partial charge in [-0.15, -0.1) is 0 Å². The topological polar surface area (TPSA) is 78.4 Å². The maximum Gasteiger partial charge on any atom is 0.251 e. The SMILES string of the molecule is C=CC(=O)NCc1ccc(C(=O)NC2CCCC2(C)CO)cc1. The van der Waals surface area contributed by atoms with Crippen molar-refractivity contribution in [3.8, 4) is 0 Å². The van der Waals surface area contributed by atoms with Crippen molar-refractivity contribution in [1.29, 1.82) is 0 Å². The summed E-state index contributed by atoms with van der Waals surface area (Å²) in [5.41, 5.74) is 1.26. The normalized spacial score (nSPS) is 23.3. The van der Waals surface area contributed by atoms with Gasteiger partial charge in [0.1, 0.15) is 0 Å². The quantitative estimate of drug-likeness (QED) is 0.700. The molecule has 1 aromatic carbocycles. The molecule has 2 rings (SSSR count). The largest absolute Gasteiger partial charge is 0.396 e. The number of rotatable bonds is 6. The molecule has 0 radical (unpaired) electrons. The van der Waals surface area contributed by atoms with Crippen LogP contribution >= 0.6 is 0 Å². The number of amides is 2. The molecule has 0 saturated heterocycles. The van der Waals surface area contributed by atoms with E-state index in [-0.39, 0.29) is 29.9 Å². The molecule has 5 nitrogen and oxygen atoms in total. The molecule has 1 saturated carbocycles. The maximum absolute atomic E-state index is 12.4. The number of carbonyl (C=O) groups excluding carboxylic acids is 2. The number of benzene rings is 1. The van der Waals surface area contributed by atoms with Crippen LogP contribution in [0.5, 0.6) is 0 Å². The molecule has 2 amide bonds. The Kier molecular flexibility index (Phi) is 5.55. The van der Waals surface area contributed by atoms with Gasteiger partial charge in [0.15, 0.2) is 0 Å². The molecule has 124 valence electrons. The molecule has 0 bridgehead atoms. The van der Waals surface area contributed by atoms with Crippen LogP contribution in [-0.2, 0) is 11.3 Å². The van der Waals surface area contributed by atoms with Crippen molar-refractivity contribution in [2.75, 3.05) is 6.61 Å². The van der Waals surface area contributed by atoms with E-state index < -0.39 is 0 Å². The highest BCUT2D eigenvalue weighted by molar-refractivity contribution is 5.94. The Labute approximate surface area is 136 Å². The number of carbonyl (C=O) groups is 2. The second kappa shape index (κ2) is 7.42. The minimum atomic E-state index is -0.232. The zero-order valence-electron chi connectivity index (χ0n) is 13.5. The fraction of sp³-hybridized carbons (Fsp3) is 0.444. The van der Waals surface area contributed by atoms with Crippen molar-refractivity contribution in [3.63, 3.8) is 0 Å². The predicted octanol–water partition coefficient (Wildman–Crippen LogP) is 1.77. The smallest absolute Gasteiger partial charge is 0.251 e. The Hall–Kier alpha value is -2.14. The number of aliphatic hydroxyl groups is 1. The van der Waals surface area contributed by atoms with Gasteiger partial charge >= 0.3 is 0 Å². The summed E-state index contributed by atoms with van der Waals surface area (Å²) in [6, 6.07) is 7.13. The summed E-state index contributed by atoms with van der Waals surface area (Å²) in [4.78, 5) is 23.5. The lowest BCUT2D eigenvalue weighted by Crippen LogP contribution is -2.44. The third kappa shape index (κ3) is 4.20. The van der Waals surface area contributed by atoms with Gasteiger partial charge in [0.2, 0.25) is 5.91 Å². The molecule has 23 heavy (non-hydrogen) atoms. The van der Waals surface area contributed by atoms with Crippen LogP contribution in [0.2, 0.25) is 0 Å². The molecule has 0 aromatic heterocycles. The van der Waals surface area contributed by atoms with Crippen LogP contribution in [0.25, 0.3) is 0 Å². The van der Waals surface area contributed by atoms with Crippen molar-refractivity contribution in [3.05, 3.63) is 48.0 Å². The monoisotopic (exact) mass is 316 g/mol. The van der Waals surface area contributed by atoms with Gasteiger partial charge in [-0.3, -0.25) is 9.59 Å². The summed E-state index contributed by atoms with van der Waals surface area (Å²) in [6.45, 7) is 5.89. The Bertz CT molecular complexity index is 582. The summed E-state index contributed by atoms with van der Waals surface area (Å²) in [7, 11) is 0. The van der Waals surface area contributed by atoms with Gasteiger partial charge in [-0.1, -0.05) is 32.1 Å². The second-order valence-electron chi connectivity index (χ2n) is 6.35. The number of aliphatic hydroxyl groups excluding tert-OH is 1. The molecular formula is C18H24N2O3. The van der Waals surface area contributed by atoms with E-state index in [1.807, 2.05) is 19.1 Å². The lowest BCUT2D eigenvalue weighted by atomic mass is 9.85. The van der Waals surface area contributed by atoms with E-state index in [9.17, 15) is 14.7 Å². The van der Waals surface area contributed by atoms with Crippen LogP contribution < -0.4 is 10.6 Å². The first kappa shape index (κ1) is 17.2. The molecule has 5 heteroatoms. The summed E-state index contributed by atoms with van der Waals surface area (Å²) in [5, 5.41) is 15.3. The highest BCUT2D eigenvalue weighted by atomic mass is 16.3. The van der Waals surface area contributed by atoms with E-state index in [2.05, 4.69) is 17.2 Å². The third-order valence-electron chi connectivity index (χ3n) is 4.62. The van der Waals surface area contributed by atoms with Gasteiger partial charge in [-0.2, -0.15) is 0 Å². The van der Waals surface area contributed by atoms with Crippen LogP contribution in [-0.4, -0.2) is 29.6 Å². The fourth-order valence-corrected chi connectivity index (χ4v) is 2.95. The molecule has 1 aromatic rings. The van der Waals surface area contributed by atoms with Gasteiger partial charge < -0.3 is 15.7 Å². The Morgan fingerprint density at radius 2 is 2.09 bits per heavy atom. The lowest BCUT2D eigenvalue weighted by molar-refractivity contribution is -0.116.